The maximum atomic E-state index is 13.5. The highest BCUT2D eigenvalue weighted by Crippen LogP contribution is 2.31. The van der Waals surface area contributed by atoms with E-state index in [0.717, 1.165) is 16.9 Å². The van der Waals surface area contributed by atoms with Gasteiger partial charge in [0.05, 0.1) is 35.1 Å². The molecule has 0 saturated carbocycles. The second kappa shape index (κ2) is 9.36. The summed E-state index contributed by atoms with van der Waals surface area (Å²) in [5.74, 6) is 0.260. The number of aromatic nitrogens is 1. The van der Waals surface area contributed by atoms with Gasteiger partial charge in [-0.2, -0.15) is 0 Å². The summed E-state index contributed by atoms with van der Waals surface area (Å²) in [6.07, 6.45) is 1.85. The summed E-state index contributed by atoms with van der Waals surface area (Å²) in [7, 11) is 0. The number of fused-ring (bicyclic) bond motifs is 1. The first-order valence-corrected chi connectivity index (χ1v) is 11.3. The van der Waals surface area contributed by atoms with Gasteiger partial charge in [-0.05, 0) is 50.1 Å². The Balaban J connectivity index is 1.92. The number of carbonyl (C=O) groups is 1. The first-order valence-electron chi connectivity index (χ1n) is 10.5. The lowest BCUT2D eigenvalue weighted by Crippen LogP contribution is -2.39. The van der Waals surface area contributed by atoms with E-state index in [9.17, 15) is 9.59 Å². The zero-order valence-electron chi connectivity index (χ0n) is 18.2. The van der Waals surface area contributed by atoms with Crippen molar-refractivity contribution < 1.29 is 14.3 Å². The molecule has 164 valence electrons. The molecule has 4 rings (SSSR count). The average Bonchev–Trinajstić information content (AvgIpc) is 3.09. The fourth-order valence-electron chi connectivity index (χ4n) is 3.72. The van der Waals surface area contributed by atoms with E-state index >= 15 is 0 Å². The molecule has 0 spiro atoms. The molecule has 0 fully saturated rings. The molecule has 0 aliphatic carbocycles. The minimum Gasteiger partial charge on any atom is -0.494 e. The SMILES string of the molecule is CCOC(=O)C1=C(C)N=c2s/c(=C\c3ccccc3)c(=O)n2[C@@H]1c1ccc(OCC)cc1. The topological polar surface area (TPSA) is 69.9 Å². The van der Waals surface area contributed by atoms with Crippen LogP contribution in [-0.4, -0.2) is 23.8 Å². The fourth-order valence-corrected chi connectivity index (χ4v) is 4.77. The highest BCUT2D eigenvalue weighted by Gasteiger charge is 2.33. The predicted molar refractivity (Wildman–Crippen MR) is 124 cm³/mol. The third kappa shape index (κ3) is 4.16. The molecule has 1 aliphatic heterocycles. The van der Waals surface area contributed by atoms with Crippen molar-refractivity contribution in [2.45, 2.75) is 26.8 Å². The molecule has 1 aliphatic rings. The van der Waals surface area contributed by atoms with Crippen LogP contribution in [-0.2, 0) is 9.53 Å². The van der Waals surface area contributed by atoms with Crippen LogP contribution in [0.3, 0.4) is 0 Å². The molecule has 0 radical (unpaired) electrons. The number of allylic oxidation sites excluding steroid dienone is 1. The van der Waals surface area contributed by atoms with Crippen LogP contribution >= 0.6 is 11.3 Å². The van der Waals surface area contributed by atoms with E-state index in [2.05, 4.69) is 4.99 Å². The standard InChI is InChI=1S/C25H24N2O4S/c1-4-30-19-13-11-18(12-14-19)22-21(24(29)31-5-2)16(3)26-25-27(22)23(28)20(32-25)15-17-9-7-6-8-10-17/h6-15,22H,4-5H2,1-3H3/b20-15-/t22-/m1/s1. The quantitative estimate of drug-likeness (QED) is 0.543. The van der Waals surface area contributed by atoms with Crippen LogP contribution in [0.4, 0.5) is 0 Å². The molecule has 2 heterocycles. The summed E-state index contributed by atoms with van der Waals surface area (Å²) in [5, 5.41) is 0. The van der Waals surface area contributed by atoms with E-state index in [1.165, 1.54) is 11.3 Å². The summed E-state index contributed by atoms with van der Waals surface area (Å²) in [5.41, 5.74) is 2.45. The molecule has 1 aromatic heterocycles. The Kier molecular flexibility index (Phi) is 6.37. The zero-order chi connectivity index (χ0) is 22.7. The van der Waals surface area contributed by atoms with Crippen LogP contribution in [0.5, 0.6) is 5.75 Å². The number of hydrogen-bond donors (Lipinski definition) is 0. The van der Waals surface area contributed by atoms with E-state index in [4.69, 9.17) is 9.47 Å². The van der Waals surface area contributed by atoms with Gasteiger partial charge in [0.15, 0.2) is 4.80 Å². The largest absolute Gasteiger partial charge is 0.494 e. The first-order chi connectivity index (χ1) is 15.5. The molecule has 0 N–H and O–H groups in total. The molecule has 2 aromatic carbocycles. The van der Waals surface area contributed by atoms with Crippen molar-refractivity contribution in [1.82, 2.24) is 4.57 Å². The Morgan fingerprint density at radius 1 is 1.09 bits per heavy atom. The van der Waals surface area contributed by atoms with E-state index in [1.54, 1.807) is 18.4 Å². The van der Waals surface area contributed by atoms with Crippen LogP contribution in [0.2, 0.25) is 0 Å². The zero-order valence-corrected chi connectivity index (χ0v) is 19.0. The van der Waals surface area contributed by atoms with Crippen molar-refractivity contribution >= 4 is 23.4 Å². The third-order valence-electron chi connectivity index (χ3n) is 5.12. The smallest absolute Gasteiger partial charge is 0.338 e. The van der Waals surface area contributed by atoms with Crippen molar-refractivity contribution in [2.24, 2.45) is 4.99 Å². The van der Waals surface area contributed by atoms with Gasteiger partial charge in [-0.15, -0.1) is 0 Å². The van der Waals surface area contributed by atoms with Gasteiger partial charge in [0.1, 0.15) is 5.75 Å². The van der Waals surface area contributed by atoms with E-state index in [0.29, 0.717) is 27.2 Å². The van der Waals surface area contributed by atoms with Crippen molar-refractivity contribution in [2.75, 3.05) is 13.2 Å². The maximum absolute atomic E-state index is 13.5. The summed E-state index contributed by atoms with van der Waals surface area (Å²) in [6.45, 7) is 6.26. The average molecular weight is 449 g/mol. The molecule has 0 unspecified atom stereocenters. The molecule has 3 aromatic rings. The van der Waals surface area contributed by atoms with E-state index < -0.39 is 12.0 Å². The van der Waals surface area contributed by atoms with Crippen molar-refractivity contribution in [3.8, 4) is 5.75 Å². The first kappa shape index (κ1) is 21.8. The molecular weight excluding hydrogens is 424 g/mol. The highest BCUT2D eigenvalue weighted by atomic mass is 32.1. The summed E-state index contributed by atoms with van der Waals surface area (Å²) in [6, 6.07) is 16.5. The number of ether oxygens (including phenoxy) is 2. The van der Waals surface area contributed by atoms with Gasteiger partial charge in [-0.1, -0.05) is 53.8 Å². The molecule has 1 atom stereocenters. The number of nitrogens with zero attached hydrogens (tertiary/aromatic N) is 2. The van der Waals surface area contributed by atoms with E-state index in [-0.39, 0.29) is 12.2 Å². The van der Waals surface area contributed by atoms with Crippen molar-refractivity contribution in [3.63, 3.8) is 0 Å². The fraction of sp³-hybridized carbons (Fsp3) is 0.240. The second-order valence-corrected chi connectivity index (χ2v) is 8.22. The normalized spacial score (nSPS) is 15.8. The van der Waals surface area contributed by atoms with Gasteiger partial charge in [-0.25, -0.2) is 9.79 Å². The number of carbonyl (C=O) groups excluding carboxylic acids is 1. The minimum absolute atomic E-state index is 0.189. The lowest BCUT2D eigenvalue weighted by molar-refractivity contribution is -0.139. The highest BCUT2D eigenvalue weighted by molar-refractivity contribution is 7.07. The number of rotatable bonds is 6. The van der Waals surface area contributed by atoms with Gasteiger partial charge < -0.3 is 9.47 Å². The molecule has 0 bridgehead atoms. The van der Waals surface area contributed by atoms with Gasteiger partial charge in [0, 0.05) is 0 Å². The lowest BCUT2D eigenvalue weighted by atomic mass is 9.96. The Labute approximate surface area is 189 Å². The Morgan fingerprint density at radius 2 is 1.81 bits per heavy atom. The monoisotopic (exact) mass is 448 g/mol. The molecule has 6 nitrogen and oxygen atoms in total. The summed E-state index contributed by atoms with van der Waals surface area (Å²) < 4.78 is 13.0. The third-order valence-corrected chi connectivity index (χ3v) is 6.10. The lowest BCUT2D eigenvalue weighted by Gasteiger charge is -2.24. The van der Waals surface area contributed by atoms with Gasteiger partial charge in [0.2, 0.25) is 0 Å². The van der Waals surface area contributed by atoms with Gasteiger partial charge >= 0.3 is 5.97 Å². The van der Waals surface area contributed by atoms with Crippen molar-refractivity contribution in [1.29, 1.82) is 0 Å². The maximum Gasteiger partial charge on any atom is 0.338 e. The predicted octanol–water partition coefficient (Wildman–Crippen LogP) is 3.20. The number of hydrogen-bond acceptors (Lipinski definition) is 6. The second-order valence-electron chi connectivity index (χ2n) is 7.22. The van der Waals surface area contributed by atoms with Crippen molar-refractivity contribution in [3.05, 3.63) is 96.7 Å². The Morgan fingerprint density at radius 3 is 2.47 bits per heavy atom. The van der Waals surface area contributed by atoms with Crippen LogP contribution in [0.25, 0.3) is 6.08 Å². The van der Waals surface area contributed by atoms with Crippen LogP contribution in [0.15, 0.2) is 75.7 Å². The van der Waals surface area contributed by atoms with Gasteiger partial charge in [-0.3, -0.25) is 9.36 Å². The minimum atomic E-state index is -0.626. The summed E-state index contributed by atoms with van der Waals surface area (Å²) >= 11 is 1.31. The molecule has 7 heteroatoms. The summed E-state index contributed by atoms with van der Waals surface area (Å²) in [4.78, 5) is 31.5. The number of benzene rings is 2. The molecular formula is C25H24N2O4S. The number of esters is 1. The Bertz CT molecular complexity index is 1340. The van der Waals surface area contributed by atoms with Crippen LogP contribution in [0, 0.1) is 0 Å². The Hall–Kier alpha value is -3.45. The molecule has 32 heavy (non-hydrogen) atoms. The van der Waals surface area contributed by atoms with E-state index in [1.807, 2.05) is 67.6 Å². The molecule has 0 saturated heterocycles. The molecule has 0 amide bonds. The number of thiazole rings is 1. The van der Waals surface area contributed by atoms with Crippen LogP contribution in [0.1, 0.15) is 37.9 Å². The van der Waals surface area contributed by atoms with Gasteiger partial charge in [0.25, 0.3) is 5.56 Å². The van der Waals surface area contributed by atoms with Crippen LogP contribution < -0.4 is 19.6 Å².